The molecule has 0 radical (unpaired) electrons. The number of methoxy groups -OCH3 is 2. The largest absolute Gasteiger partial charge is 0.490 e. The highest BCUT2D eigenvalue weighted by atomic mass is 32.2. The van der Waals surface area contributed by atoms with Crippen molar-refractivity contribution in [3.63, 3.8) is 0 Å². The molecule has 2 aromatic carbocycles. The third kappa shape index (κ3) is 27.5. The van der Waals surface area contributed by atoms with E-state index in [1.807, 2.05) is 23.5 Å². The Balaban J connectivity index is 0.00000156. The molecule has 0 aliphatic carbocycles. The topological polar surface area (TPSA) is 374 Å². The Morgan fingerprint density at radius 3 is 1.81 bits per heavy atom. The van der Waals surface area contributed by atoms with Gasteiger partial charge in [0.25, 0.3) is 5.91 Å². The first-order chi connectivity index (χ1) is 42.7. The van der Waals surface area contributed by atoms with Gasteiger partial charge in [0, 0.05) is 110 Å². The Morgan fingerprint density at radius 2 is 1.32 bits per heavy atom. The van der Waals surface area contributed by atoms with Gasteiger partial charge < -0.3 is 65.3 Å². The first-order valence-corrected chi connectivity index (χ1v) is 29.6. The van der Waals surface area contributed by atoms with E-state index in [0.717, 1.165) is 43.7 Å². The summed E-state index contributed by atoms with van der Waals surface area (Å²) in [4.78, 5) is 121. The van der Waals surface area contributed by atoms with Gasteiger partial charge in [-0.3, -0.25) is 43.5 Å². The Morgan fingerprint density at radius 1 is 0.769 bits per heavy atom. The number of esters is 1. The predicted octanol–water partition coefficient (Wildman–Crippen LogP) is 2.31. The maximum Gasteiger partial charge on any atom is 0.490 e. The Hall–Kier alpha value is -8.09. The van der Waals surface area contributed by atoms with Crippen LogP contribution in [-0.4, -0.2) is 237 Å². The number of benzene rings is 2. The summed E-state index contributed by atoms with van der Waals surface area (Å²) in [5.41, 5.74) is 2.02. The number of aliphatic carboxylic acids is 3. The number of aromatic nitrogens is 3. The number of pyridine rings is 1. The third-order valence-electron chi connectivity index (χ3n) is 13.4. The number of amides is 3. The van der Waals surface area contributed by atoms with Crippen molar-refractivity contribution in [1.82, 2.24) is 54.8 Å². The number of carboxylic acids is 3. The molecule has 9 N–H and O–H groups in total. The minimum Gasteiger partial charge on any atom is -0.480 e. The Labute approximate surface area is 521 Å². The molecule has 1 saturated heterocycles. The second-order valence-electron chi connectivity index (χ2n) is 20.4. The van der Waals surface area contributed by atoms with Crippen LogP contribution in [0.15, 0.2) is 58.6 Å². The number of alkyl halides is 6. The zero-order valence-electron chi connectivity index (χ0n) is 51.4. The number of nitrogens with one attached hydrogen (secondary N) is 6. The summed E-state index contributed by atoms with van der Waals surface area (Å²) < 4.78 is 105. The van der Waals surface area contributed by atoms with Crippen LogP contribution < -0.4 is 31.4 Å². The van der Waals surface area contributed by atoms with E-state index in [9.17, 15) is 68.6 Å². The second kappa shape index (κ2) is 38.6. The fourth-order valence-electron chi connectivity index (χ4n) is 9.12. The number of carbonyl (C=O) groups is 8. The molecule has 5 rings (SSSR count). The first kappa shape index (κ1) is 79.0. The first-order valence-electron chi connectivity index (χ1n) is 28.2. The van der Waals surface area contributed by atoms with Crippen LogP contribution in [0.5, 0.6) is 0 Å². The highest BCUT2D eigenvalue weighted by Crippen LogP contribution is 2.23. The lowest BCUT2D eigenvalue weighted by molar-refractivity contribution is -0.193. The fraction of sp³-hybridized carbons (Fsp3) is 0.536. The predicted molar refractivity (Wildman–Crippen MR) is 318 cm³/mol. The molecule has 508 valence electrons. The number of aromatic amines is 1. The molecule has 0 saturated carbocycles. The van der Waals surface area contributed by atoms with Crippen LogP contribution in [-0.2, 0) is 66.1 Å². The van der Waals surface area contributed by atoms with E-state index in [1.165, 1.54) is 13.3 Å². The number of halogens is 6. The number of H-pyrrole nitrogens is 1. The molecule has 0 bridgehead atoms. The number of imidazole rings is 1. The van der Waals surface area contributed by atoms with Gasteiger partial charge in [-0.15, -0.1) is 0 Å². The summed E-state index contributed by atoms with van der Waals surface area (Å²) in [7, 11) is -1.32. The van der Waals surface area contributed by atoms with Crippen LogP contribution in [0, 0.1) is 20.8 Å². The standard InChI is InChI=1S/C51H76N12O11S.2C2HF3O2.CH2O/c1-8-16-59-18-20-60(21-22-61(33-45(65)74-7)23-25-62(24-19-59)34-73-6)32-44(64)57-41(9-2)49(68)52-13-10-17-63-31-40(46(66)39-12-11-38(28-43(39)63)29-56-51-53-14-15-54-51)48(67)55-30-42(50(69)70)58-75(71,72)47-36(4)26-35(3)27-37(47)5;2*3-2(4,5)1(6)7;1-2/h11-12,14-15,26-28,31,41-42,58H,8-10,13,16-25,29-30,32-34H2,1-7H3,(H,52,68)(H,55,67)(H,57,64)(H,69,70)(H2,53,54,56);2*(H,6,7);1H2/t41-,42?;;;/m0.../s1. The summed E-state index contributed by atoms with van der Waals surface area (Å²) in [5, 5.41) is 36.0. The molecule has 4 aromatic rings. The number of fused-ring (bicyclic) bond motifs is 1. The smallest absolute Gasteiger partial charge is 0.480 e. The van der Waals surface area contributed by atoms with Gasteiger partial charge >= 0.3 is 36.2 Å². The van der Waals surface area contributed by atoms with Gasteiger partial charge in [-0.05, 0) is 75.4 Å². The number of hydrogen-bond donors (Lipinski definition) is 9. The van der Waals surface area contributed by atoms with E-state index in [2.05, 4.69) is 52.7 Å². The van der Waals surface area contributed by atoms with Crippen LogP contribution >= 0.6 is 0 Å². The van der Waals surface area contributed by atoms with E-state index < -0.39 is 70.2 Å². The molecule has 0 spiro atoms. The monoisotopic (exact) mass is 1320 g/mol. The quantitative estimate of drug-likeness (QED) is 0.0261. The van der Waals surface area contributed by atoms with Gasteiger partial charge in [0.2, 0.25) is 27.3 Å². The third-order valence-corrected chi connectivity index (χ3v) is 15.2. The molecule has 1 fully saturated rings. The highest BCUT2D eigenvalue weighted by molar-refractivity contribution is 7.89. The maximum atomic E-state index is 14.0. The highest BCUT2D eigenvalue weighted by Gasteiger charge is 2.39. The molecule has 2 aromatic heterocycles. The van der Waals surface area contributed by atoms with Crippen molar-refractivity contribution < 1.29 is 97.9 Å². The van der Waals surface area contributed by atoms with Crippen molar-refractivity contribution in [3.8, 4) is 0 Å². The van der Waals surface area contributed by atoms with Crippen molar-refractivity contribution in [1.29, 1.82) is 0 Å². The summed E-state index contributed by atoms with van der Waals surface area (Å²) >= 11 is 0. The number of aryl methyl sites for hydroxylation is 4. The molecule has 1 aliphatic rings. The minimum atomic E-state index is -5.08. The SMILES string of the molecule is C=O.CCCN1CCN(COC)CCN(CC(=O)OC)CCN(CC(=O)N[C@@H](CC)C(=O)NCCCn2cc(C(=O)NCC(NS(=O)(=O)c3c(C)cc(C)cc3C)C(=O)O)c(=O)c3ccc(CNc4ncc[nH]4)cc32)CC1.O=C(O)C(F)(F)F.O=C(O)C(F)(F)F. The zero-order valence-corrected chi connectivity index (χ0v) is 52.2. The molecule has 35 heteroatoms. The molecule has 1 aliphatic heterocycles. The van der Waals surface area contributed by atoms with Crippen LogP contribution in [0.3, 0.4) is 0 Å². The average molecular weight is 1320 g/mol. The van der Waals surface area contributed by atoms with E-state index in [4.69, 9.17) is 34.1 Å². The van der Waals surface area contributed by atoms with Crippen LogP contribution in [0.2, 0.25) is 0 Å². The van der Waals surface area contributed by atoms with Gasteiger partial charge in [0.05, 0.1) is 37.3 Å². The number of ether oxygens (including phenoxy) is 2. The van der Waals surface area contributed by atoms with E-state index in [-0.39, 0.29) is 59.8 Å². The lowest BCUT2D eigenvalue weighted by atomic mass is 10.1. The zero-order chi connectivity index (χ0) is 68.8. The molecule has 3 heterocycles. The molecule has 1 unspecified atom stereocenters. The second-order valence-corrected chi connectivity index (χ2v) is 22.1. The van der Waals surface area contributed by atoms with Crippen molar-refractivity contribution >= 4 is 75.3 Å². The number of carboxylic acid groups (broad SMARTS) is 3. The number of nitrogens with zero attached hydrogens (tertiary/aromatic N) is 6. The lowest BCUT2D eigenvalue weighted by Gasteiger charge is -2.33. The molecule has 28 nitrogen and oxygen atoms in total. The maximum absolute atomic E-state index is 14.0. The minimum absolute atomic E-state index is 0.0410. The summed E-state index contributed by atoms with van der Waals surface area (Å²) in [6.45, 7) is 17.7. The van der Waals surface area contributed by atoms with Crippen LogP contribution in [0.4, 0.5) is 32.3 Å². The van der Waals surface area contributed by atoms with Gasteiger partial charge in [-0.2, -0.15) is 31.1 Å². The van der Waals surface area contributed by atoms with Gasteiger partial charge in [0.15, 0.2) is 5.95 Å². The van der Waals surface area contributed by atoms with E-state index in [1.54, 1.807) is 75.2 Å². The van der Waals surface area contributed by atoms with Gasteiger partial charge in [-0.1, -0.05) is 37.6 Å². The molecule has 91 heavy (non-hydrogen) atoms. The Bertz CT molecular complexity index is 3160. The number of carbonyl (C=O) groups excluding carboxylic acids is 5. The van der Waals surface area contributed by atoms with E-state index in [0.29, 0.717) is 81.4 Å². The van der Waals surface area contributed by atoms with Gasteiger partial charge in [0.1, 0.15) is 24.4 Å². The molecule has 2 atom stereocenters. The molecule has 3 amide bonds. The number of sulfonamides is 1. The molecular weight excluding hydrogens is 1240 g/mol. The average Bonchev–Trinajstić information content (AvgIpc) is 0.916. The lowest BCUT2D eigenvalue weighted by Crippen LogP contribution is -2.52. The normalized spacial score (nSPS) is 14.6. The number of hydrogen-bond acceptors (Lipinski definition) is 19. The van der Waals surface area contributed by atoms with Gasteiger partial charge in [-0.25, -0.2) is 23.0 Å². The summed E-state index contributed by atoms with van der Waals surface area (Å²) in [6, 6.07) is 5.86. The van der Waals surface area contributed by atoms with Crippen molar-refractivity contribution in [2.75, 3.05) is 111 Å². The van der Waals surface area contributed by atoms with E-state index >= 15 is 0 Å². The van der Waals surface area contributed by atoms with Crippen molar-refractivity contribution in [2.24, 2.45) is 0 Å². The summed E-state index contributed by atoms with van der Waals surface area (Å²) in [5.74, 6) is -8.48. The van der Waals surface area contributed by atoms with Crippen molar-refractivity contribution in [2.45, 2.75) is 96.3 Å². The fourth-order valence-corrected chi connectivity index (χ4v) is 10.8. The Kier molecular flexibility index (Phi) is 33.5. The number of rotatable bonds is 25. The molecular formula is C56H80F6N12O16S. The van der Waals surface area contributed by atoms with Crippen LogP contribution in [0.25, 0.3) is 10.9 Å². The van der Waals surface area contributed by atoms with Crippen molar-refractivity contribution in [3.05, 3.63) is 87.0 Å². The number of anilines is 1. The van der Waals surface area contributed by atoms with Crippen LogP contribution in [0.1, 0.15) is 65.7 Å². The summed E-state index contributed by atoms with van der Waals surface area (Å²) in [6.07, 6.45) is -3.91.